The monoisotopic (exact) mass is 284 g/mol. The highest BCUT2D eigenvalue weighted by Crippen LogP contribution is 2.43. The van der Waals surface area contributed by atoms with Crippen LogP contribution in [0.2, 0.25) is 0 Å². The first kappa shape index (κ1) is 17.0. The summed E-state index contributed by atoms with van der Waals surface area (Å²) in [5.74, 6) is -2.83. The van der Waals surface area contributed by atoms with Gasteiger partial charge in [-0.05, 0) is 6.92 Å². The molecule has 0 radical (unpaired) electrons. The van der Waals surface area contributed by atoms with Crippen LogP contribution in [0.4, 0.5) is 26.3 Å². The molecule has 4 nitrogen and oxygen atoms in total. The Morgan fingerprint density at radius 3 is 1.83 bits per heavy atom. The van der Waals surface area contributed by atoms with Gasteiger partial charge < -0.3 is 14.6 Å². The predicted octanol–water partition coefficient (Wildman–Crippen LogP) is 1.42. The van der Waals surface area contributed by atoms with Gasteiger partial charge in [0.15, 0.2) is 0 Å². The van der Waals surface area contributed by atoms with E-state index >= 15 is 0 Å². The van der Waals surface area contributed by atoms with E-state index in [2.05, 4.69) is 9.47 Å². The molecule has 1 N–H and O–H groups in total. The highest BCUT2D eigenvalue weighted by atomic mass is 19.4. The maximum absolute atomic E-state index is 12.1. The fraction of sp³-hybridized carbons (Fsp3) is 0.875. The molecule has 0 aromatic rings. The minimum absolute atomic E-state index is 0.139. The van der Waals surface area contributed by atoms with Gasteiger partial charge in [0.25, 0.3) is 0 Å². The lowest BCUT2D eigenvalue weighted by Gasteiger charge is -2.29. The van der Waals surface area contributed by atoms with E-state index in [-0.39, 0.29) is 13.2 Å². The molecule has 0 atom stereocenters. The molecule has 0 saturated carbocycles. The molecule has 0 aromatic carbocycles. The zero-order chi connectivity index (χ0) is 14.6. The number of alkyl halides is 6. The van der Waals surface area contributed by atoms with Crippen LogP contribution in [0.5, 0.6) is 0 Å². The number of carbonyl (C=O) groups excluding carboxylic acids is 1. The molecule has 0 spiro atoms. The van der Waals surface area contributed by atoms with Crippen molar-refractivity contribution < 1.29 is 45.7 Å². The van der Waals surface area contributed by atoms with Crippen LogP contribution in [0.1, 0.15) is 6.92 Å². The van der Waals surface area contributed by atoms with Crippen molar-refractivity contribution in [3.8, 4) is 0 Å². The number of aliphatic hydroxyl groups is 1. The van der Waals surface area contributed by atoms with Crippen molar-refractivity contribution in [3.63, 3.8) is 0 Å². The van der Waals surface area contributed by atoms with Gasteiger partial charge >= 0.3 is 23.9 Å². The molecule has 18 heavy (non-hydrogen) atoms. The molecular formula is C8H10F6O4. The van der Waals surface area contributed by atoms with E-state index < -0.39 is 30.5 Å². The fourth-order valence-electron chi connectivity index (χ4n) is 0.834. The van der Waals surface area contributed by atoms with Crippen LogP contribution in [0, 0.1) is 0 Å². The second kappa shape index (κ2) is 5.74. The molecule has 0 amide bonds. The summed E-state index contributed by atoms with van der Waals surface area (Å²) in [5.41, 5.74) is -5.54. The van der Waals surface area contributed by atoms with Crippen LogP contribution in [0.15, 0.2) is 0 Å². The Kier molecular flexibility index (Phi) is 5.41. The summed E-state index contributed by atoms with van der Waals surface area (Å²) < 4.78 is 81.0. The van der Waals surface area contributed by atoms with Gasteiger partial charge in [0, 0.05) is 6.61 Å². The summed E-state index contributed by atoms with van der Waals surface area (Å²) in [4.78, 5) is 10.8. The lowest BCUT2D eigenvalue weighted by Crippen LogP contribution is -2.63. The van der Waals surface area contributed by atoms with Crippen molar-refractivity contribution in [1.29, 1.82) is 0 Å². The molecule has 0 saturated heterocycles. The SMILES string of the molecule is CCOCCOC(=O)C(O)(C(F)(F)F)C(F)(F)F. The number of hydrogen-bond donors (Lipinski definition) is 1. The lowest BCUT2D eigenvalue weighted by atomic mass is 10.0. The number of ether oxygens (including phenoxy) is 2. The Balaban J connectivity index is 4.86. The van der Waals surface area contributed by atoms with Crippen LogP contribution in [0.3, 0.4) is 0 Å². The third-order valence-electron chi connectivity index (χ3n) is 1.78. The van der Waals surface area contributed by atoms with Crippen molar-refractivity contribution in [2.24, 2.45) is 0 Å². The molecular weight excluding hydrogens is 274 g/mol. The number of carbonyl (C=O) groups is 1. The van der Waals surface area contributed by atoms with Gasteiger partial charge in [0.1, 0.15) is 6.61 Å². The van der Waals surface area contributed by atoms with Crippen LogP contribution in [-0.2, 0) is 14.3 Å². The molecule has 0 bridgehead atoms. The van der Waals surface area contributed by atoms with Gasteiger partial charge in [0.2, 0.25) is 0 Å². The molecule has 0 aliphatic carbocycles. The third kappa shape index (κ3) is 3.48. The molecule has 0 aliphatic rings. The first-order valence-electron chi connectivity index (χ1n) is 4.59. The van der Waals surface area contributed by atoms with E-state index in [1.807, 2.05) is 0 Å². The fourth-order valence-corrected chi connectivity index (χ4v) is 0.834. The Hall–Kier alpha value is -1.03. The highest BCUT2D eigenvalue weighted by Gasteiger charge is 2.76. The number of rotatable bonds is 5. The van der Waals surface area contributed by atoms with Gasteiger partial charge in [-0.2, -0.15) is 26.3 Å². The van der Waals surface area contributed by atoms with E-state index in [9.17, 15) is 31.1 Å². The summed E-state index contributed by atoms with van der Waals surface area (Å²) in [5, 5.41) is 8.54. The quantitative estimate of drug-likeness (QED) is 0.471. The lowest BCUT2D eigenvalue weighted by molar-refractivity contribution is -0.357. The Bertz CT molecular complexity index is 270. The average molecular weight is 284 g/mol. The first-order valence-corrected chi connectivity index (χ1v) is 4.59. The van der Waals surface area contributed by atoms with E-state index in [1.54, 1.807) is 0 Å². The zero-order valence-corrected chi connectivity index (χ0v) is 9.06. The molecule has 0 rings (SSSR count). The number of hydrogen-bond acceptors (Lipinski definition) is 4. The van der Waals surface area contributed by atoms with Crippen LogP contribution in [-0.4, -0.2) is 48.9 Å². The van der Waals surface area contributed by atoms with E-state index in [4.69, 9.17) is 5.11 Å². The predicted molar refractivity (Wildman–Crippen MR) is 44.5 cm³/mol. The topological polar surface area (TPSA) is 55.8 Å². The van der Waals surface area contributed by atoms with Crippen molar-refractivity contribution in [2.45, 2.75) is 24.9 Å². The van der Waals surface area contributed by atoms with E-state index in [1.165, 1.54) is 6.92 Å². The second-order valence-electron chi connectivity index (χ2n) is 3.04. The summed E-state index contributed by atoms with van der Waals surface area (Å²) in [6.07, 6.45) is -12.5. The van der Waals surface area contributed by atoms with Gasteiger partial charge in [-0.15, -0.1) is 0 Å². The maximum atomic E-state index is 12.1. The smallest absolute Gasteiger partial charge is 0.437 e. The molecule has 0 aliphatic heterocycles. The van der Waals surface area contributed by atoms with Gasteiger partial charge in [0.05, 0.1) is 6.61 Å². The van der Waals surface area contributed by atoms with E-state index in [0.29, 0.717) is 0 Å². The van der Waals surface area contributed by atoms with Crippen molar-refractivity contribution >= 4 is 5.97 Å². The van der Waals surface area contributed by atoms with E-state index in [0.717, 1.165) is 0 Å². The molecule has 0 fully saturated rings. The Labute approximate surface area is 97.5 Å². The number of esters is 1. The third-order valence-corrected chi connectivity index (χ3v) is 1.78. The molecule has 10 heteroatoms. The standard InChI is InChI=1S/C8H10F6O4/c1-2-17-3-4-18-5(15)6(16,7(9,10)11)8(12,13)14/h16H,2-4H2,1H3. The summed E-state index contributed by atoms with van der Waals surface area (Å²) in [6, 6.07) is 0. The van der Waals surface area contributed by atoms with Gasteiger partial charge in [-0.25, -0.2) is 4.79 Å². The maximum Gasteiger partial charge on any atom is 0.437 e. The molecule has 0 heterocycles. The molecule has 108 valence electrons. The summed E-state index contributed by atoms with van der Waals surface area (Å²) in [7, 11) is 0. The summed E-state index contributed by atoms with van der Waals surface area (Å²) >= 11 is 0. The minimum Gasteiger partial charge on any atom is -0.461 e. The van der Waals surface area contributed by atoms with Gasteiger partial charge in [-0.1, -0.05) is 0 Å². The van der Waals surface area contributed by atoms with Crippen LogP contribution in [0.25, 0.3) is 0 Å². The van der Waals surface area contributed by atoms with Crippen LogP contribution >= 0.6 is 0 Å². The Morgan fingerprint density at radius 1 is 1.06 bits per heavy atom. The van der Waals surface area contributed by atoms with Gasteiger partial charge in [-0.3, -0.25) is 0 Å². The first-order chi connectivity index (χ1) is 7.98. The Morgan fingerprint density at radius 2 is 1.50 bits per heavy atom. The van der Waals surface area contributed by atoms with Crippen molar-refractivity contribution in [3.05, 3.63) is 0 Å². The number of halogens is 6. The van der Waals surface area contributed by atoms with Crippen LogP contribution < -0.4 is 0 Å². The highest BCUT2D eigenvalue weighted by molar-refractivity contribution is 5.81. The molecule has 0 unspecified atom stereocenters. The normalized spacial score (nSPS) is 13.6. The van der Waals surface area contributed by atoms with Crippen molar-refractivity contribution in [1.82, 2.24) is 0 Å². The summed E-state index contributed by atoms with van der Waals surface area (Å²) in [6.45, 7) is 0.444. The second-order valence-corrected chi connectivity index (χ2v) is 3.04. The zero-order valence-electron chi connectivity index (χ0n) is 9.06. The largest absolute Gasteiger partial charge is 0.461 e. The molecule has 0 aromatic heterocycles. The minimum atomic E-state index is -6.23. The van der Waals surface area contributed by atoms with Crippen molar-refractivity contribution in [2.75, 3.05) is 19.8 Å². The average Bonchev–Trinajstić information content (AvgIpc) is 2.19.